The zero-order valence-electron chi connectivity index (χ0n) is 11.3. The average Bonchev–Trinajstić information content (AvgIpc) is 2.35. The van der Waals surface area contributed by atoms with Crippen molar-refractivity contribution in [2.45, 2.75) is 68.9 Å². The van der Waals surface area contributed by atoms with Crippen molar-refractivity contribution in [2.24, 2.45) is 0 Å². The van der Waals surface area contributed by atoms with E-state index in [0.717, 1.165) is 31.0 Å². The molecular formula is C14H24BrNO2. The summed E-state index contributed by atoms with van der Waals surface area (Å²) in [6.07, 6.45) is 9.71. The highest BCUT2D eigenvalue weighted by Gasteiger charge is 2.41. The molecule has 1 N–H and O–H groups in total. The van der Waals surface area contributed by atoms with Crippen LogP contribution >= 0.6 is 15.9 Å². The molecule has 18 heavy (non-hydrogen) atoms. The molecule has 0 saturated heterocycles. The third-order valence-electron chi connectivity index (χ3n) is 4.65. The maximum absolute atomic E-state index is 12.2. The number of alkyl halides is 1. The molecule has 0 unspecified atom stereocenters. The molecule has 0 aromatic heterocycles. The topological polar surface area (TPSA) is 38.3 Å². The van der Waals surface area contributed by atoms with Crippen molar-refractivity contribution in [1.82, 2.24) is 5.32 Å². The van der Waals surface area contributed by atoms with Crippen LogP contribution in [0.2, 0.25) is 0 Å². The molecule has 0 bridgehead atoms. The molecule has 1 amide bonds. The molecular weight excluding hydrogens is 294 g/mol. The van der Waals surface area contributed by atoms with Gasteiger partial charge in [-0.15, -0.1) is 0 Å². The highest BCUT2D eigenvalue weighted by molar-refractivity contribution is 9.09. The van der Waals surface area contributed by atoms with E-state index < -0.39 is 0 Å². The van der Waals surface area contributed by atoms with Crippen molar-refractivity contribution >= 4 is 21.8 Å². The summed E-state index contributed by atoms with van der Waals surface area (Å²) in [6.45, 7) is 0. The molecule has 3 nitrogen and oxygen atoms in total. The first-order valence-electron chi connectivity index (χ1n) is 7.06. The van der Waals surface area contributed by atoms with E-state index >= 15 is 0 Å². The highest BCUT2D eigenvalue weighted by atomic mass is 79.9. The van der Waals surface area contributed by atoms with Gasteiger partial charge in [0, 0.05) is 18.0 Å². The van der Waals surface area contributed by atoms with Crippen LogP contribution in [0.4, 0.5) is 0 Å². The molecule has 0 aliphatic heterocycles. The minimum Gasteiger partial charge on any atom is -0.378 e. The van der Waals surface area contributed by atoms with Crippen molar-refractivity contribution in [3.63, 3.8) is 0 Å². The largest absolute Gasteiger partial charge is 0.378 e. The highest BCUT2D eigenvalue weighted by Crippen LogP contribution is 2.38. The van der Waals surface area contributed by atoms with Crippen molar-refractivity contribution < 1.29 is 9.53 Å². The smallest absolute Gasteiger partial charge is 0.223 e. The summed E-state index contributed by atoms with van der Waals surface area (Å²) in [4.78, 5) is 12.2. The summed E-state index contributed by atoms with van der Waals surface area (Å²) >= 11 is 3.58. The first kappa shape index (κ1) is 14.3. The Labute approximate surface area is 118 Å². The third kappa shape index (κ3) is 3.08. The molecule has 0 heterocycles. The lowest BCUT2D eigenvalue weighted by Crippen LogP contribution is -2.54. The predicted octanol–water partition coefficient (Wildman–Crippen LogP) is 3.16. The average molecular weight is 318 g/mol. The molecule has 2 aliphatic rings. The zero-order valence-corrected chi connectivity index (χ0v) is 12.9. The van der Waals surface area contributed by atoms with Crippen molar-refractivity contribution in [2.75, 3.05) is 12.4 Å². The Morgan fingerprint density at radius 1 is 1.17 bits per heavy atom. The molecule has 2 saturated carbocycles. The van der Waals surface area contributed by atoms with Gasteiger partial charge in [0.2, 0.25) is 5.91 Å². The fourth-order valence-corrected chi connectivity index (χ4v) is 3.88. The van der Waals surface area contributed by atoms with E-state index in [0.29, 0.717) is 6.42 Å². The minimum absolute atomic E-state index is 0.00594. The van der Waals surface area contributed by atoms with Crippen LogP contribution in [0.15, 0.2) is 0 Å². The van der Waals surface area contributed by atoms with Crippen LogP contribution in [0.25, 0.3) is 0 Å². The van der Waals surface area contributed by atoms with Crippen LogP contribution in [0.5, 0.6) is 0 Å². The van der Waals surface area contributed by atoms with Gasteiger partial charge in [-0.3, -0.25) is 4.79 Å². The quantitative estimate of drug-likeness (QED) is 0.791. The van der Waals surface area contributed by atoms with Crippen molar-refractivity contribution in [3.05, 3.63) is 0 Å². The Morgan fingerprint density at radius 3 is 2.28 bits per heavy atom. The van der Waals surface area contributed by atoms with Gasteiger partial charge in [-0.1, -0.05) is 35.2 Å². The molecule has 104 valence electrons. The molecule has 4 heteroatoms. The standard InChI is InChI=1S/C14H24BrNO2/c1-18-14(8-5-9-14)10-12(17)16-13(11-15)6-3-2-4-7-13/h2-11H2,1H3,(H,16,17). The Morgan fingerprint density at radius 2 is 1.83 bits per heavy atom. The lowest BCUT2D eigenvalue weighted by Gasteiger charge is -2.42. The number of carbonyl (C=O) groups is 1. The van der Waals surface area contributed by atoms with E-state index in [1.807, 2.05) is 0 Å². The first-order chi connectivity index (χ1) is 8.64. The van der Waals surface area contributed by atoms with E-state index in [1.54, 1.807) is 7.11 Å². The molecule has 2 rings (SSSR count). The number of methoxy groups -OCH3 is 1. The van der Waals surface area contributed by atoms with Gasteiger partial charge >= 0.3 is 0 Å². The third-order valence-corrected chi connectivity index (χ3v) is 5.72. The van der Waals surface area contributed by atoms with E-state index in [1.165, 1.54) is 25.7 Å². The van der Waals surface area contributed by atoms with Crippen LogP contribution in [0.3, 0.4) is 0 Å². The van der Waals surface area contributed by atoms with Gasteiger partial charge in [0.25, 0.3) is 0 Å². The number of carbonyl (C=O) groups excluding carboxylic acids is 1. The van der Waals surface area contributed by atoms with E-state index in [9.17, 15) is 4.79 Å². The van der Waals surface area contributed by atoms with Gasteiger partial charge < -0.3 is 10.1 Å². The van der Waals surface area contributed by atoms with Crippen LogP contribution in [0.1, 0.15) is 57.8 Å². The molecule has 0 aromatic rings. The van der Waals surface area contributed by atoms with E-state index in [-0.39, 0.29) is 17.0 Å². The Balaban J connectivity index is 1.89. The Bertz CT molecular complexity index is 291. The fraction of sp³-hybridized carbons (Fsp3) is 0.929. The van der Waals surface area contributed by atoms with Gasteiger partial charge in [-0.25, -0.2) is 0 Å². The number of amides is 1. The second-order valence-electron chi connectivity index (χ2n) is 5.94. The Kier molecular flexibility index (Phi) is 4.70. The van der Waals surface area contributed by atoms with Gasteiger partial charge in [-0.05, 0) is 32.1 Å². The summed E-state index contributed by atoms with van der Waals surface area (Å²) in [5.74, 6) is 0.165. The molecule has 0 aromatic carbocycles. The number of hydrogen-bond donors (Lipinski definition) is 1. The van der Waals surface area contributed by atoms with E-state index in [2.05, 4.69) is 21.2 Å². The van der Waals surface area contributed by atoms with Crippen molar-refractivity contribution in [1.29, 1.82) is 0 Å². The van der Waals surface area contributed by atoms with Crippen LogP contribution in [0, 0.1) is 0 Å². The number of hydrogen-bond acceptors (Lipinski definition) is 2. The molecule has 0 spiro atoms. The van der Waals surface area contributed by atoms with E-state index in [4.69, 9.17) is 4.74 Å². The van der Waals surface area contributed by atoms with Gasteiger partial charge in [0.1, 0.15) is 0 Å². The zero-order chi connectivity index (χ0) is 13.1. The van der Waals surface area contributed by atoms with Gasteiger partial charge in [0.05, 0.1) is 12.0 Å². The lowest BCUT2D eigenvalue weighted by molar-refractivity contribution is -0.136. The molecule has 0 radical (unpaired) electrons. The van der Waals surface area contributed by atoms with Crippen LogP contribution in [-0.2, 0) is 9.53 Å². The summed E-state index contributed by atoms with van der Waals surface area (Å²) in [5, 5.41) is 4.14. The number of halogens is 1. The maximum Gasteiger partial charge on any atom is 0.223 e. The maximum atomic E-state index is 12.2. The first-order valence-corrected chi connectivity index (χ1v) is 8.18. The van der Waals surface area contributed by atoms with Crippen molar-refractivity contribution in [3.8, 4) is 0 Å². The number of nitrogens with one attached hydrogen (secondary N) is 1. The fourth-order valence-electron chi connectivity index (χ4n) is 3.18. The lowest BCUT2D eigenvalue weighted by atomic mass is 9.76. The summed E-state index contributed by atoms with van der Waals surface area (Å²) in [6, 6.07) is 0. The minimum atomic E-state index is -0.160. The second-order valence-corrected chi connectivity index (χ2v) is 6.50. The van der Waals surface area contributed by atoms with Crippen LogP contribution < -0.4 is 5.32 Å². The molecule has 2 fully saturated rings. The summed E-state index contributed by atoms with van der Waals surface area (Å²) in [5.41, 5.74) is -0.166. The van der Waals surface area contributed by atoms with Gasteiger partial charge in [-0.2, -0.15) is 0 Å². The second kappa shape index (κ2) is 5.91. The molecule has 0 atom stereocenters. The summed E-state index contributed by atoms with van der Waals surface area (Å²) < 4.78 is 5.53. The summed E-state index contributed by atoms with van der Waals surface area (Å²) in [7, 11) is 1.73. The molecule has 2 aliphatic carbocycles. The Hall–Kier alpha value is -0.0900. The monoisotopic (exact) mass is 317 g/mol. The van der Waals surface area contributed by atoms with Gasteiger partial charge in [0.15, 0.2) is 0 Å². The predicted molar refractivity (Wildman–Crippen MR) is 76.0 cm³/mol. The number of ether oxygens (including phenoxy) is 1. The SMILES string of the molecule is COC1(CC(=O)NC2(CBr)CCCCC2)CCC1. The van der Waals surface area contributed by atoms with Crippen LogP contribution in [-0.4, -0.2) is 29.5 Å². The number of rotatable bonds is 5. The normalized spacial score (nSPS) is 25.2.